The molecule has 0 amide bonds. The number of thiophene rings is 1. The molecule has 1 aliphatic carbocycles. The van der Waals surface area contributed by atoms with Crippen molar-refractivity contribution in [3.63, 3.8) is 0 Å². The quantitative estimate of drug-likeness (QED) is 0.873. The van der Waals surface area contributed by atoms with Gasteiger partial charge >= 0.3 is 0 Å². The van der Waals surface area contributed by atoms with Gasteiger partial charge in [-0.2, -0.15) is 0 Å². The highest BCUT2D eigenvalue weighted by Crippen LogP contribution is 2.30. The van der Waals surface area contributed by atoms with E-state index in [9.17, 15) is 0 Å². The minimum atomic E-state index is 0.716. The Balaban J connectivity index is 1.69. The fourth-order valence-electron chi connectivity index (χ4n) is 2.02. The lowest BCUT2D eigenvalue weighted by atomic mass is 10.2. The summed E-state index contributed by atoms with van der Waals surface area (Å²) >= 11 is 1.91. The molecule has 2 aromatic rings. The Hall–Kier alpha value is -1.43. The summed E-state index contributed by atoms with van der Waals surface area (Å²) in [5.74, 6) is 0.716. The van der Waals surface area contributed by atoms with Crippen LogP contribution in [0.3, 0.4) is 0 Å². The third-order valence-corrected chi connectivity index (χ3v) is 4.08. The predicted molar refractivity (Wildman–Crippen MR) is 62.5 cm³/mol. The molecule has 0 unspecified atom stereocenters. The molecule has 16 heavy (non-hydrogen) atoms. The zero-order valence-electron chi connectivity index (χ0n) is 9.10. The summed E-state index contributed by atoms with van der Waals surface area (Å²) in [5.41, 5.74) is 1.54. The summed E-state index contributed by atoms with van der Waals surface area (Å²) in [4.78, 5) is 2.93. The van der Waals surface area contributed by atoms with E-state index in [0.717, 1.165) is 6.54 Å². The van der Waals surface area contributed by atoms with Crippen molar-refractivity contribution in [1.82, 2.24) is 20.2 Å². The Morgan fingerprint density at radius 3 is 3.19 bits per heavy atom. The van der Waals surface area contributed by atoms with E-state index >= 15 is 0 Å². The van der Waals surface area contributed by atoms with E-state index in [4.69, 9.17) is 0 Å². The van der Waals surface area contributed by atoms with Crippen molar-refractivity contribution in [3.05, 3.63) is 21.4 Å². The lowest BCUT2D eigenvalue weighted by Gasteiger charge is -2.01. The maximum Gasteiger partial charge on any atom is 0.242 e. The highest BCUT2D eigenvalue weighted by atomic mass is 32.1. The Morgan fingerprint density at radius 1 is 1.50 bits per heavy atom. The second-order valence-corrected chi connectivity index (χ2v) is 5.22. The summed E-state index contributed by atoms with van der Waals surface area (Å²) in [6, 6.07) is 2.31. The van der Waals surface area contributed by atoms with Gasteiger partial charge in [-0.1, -0.05) is 5.10 Å². The number of rotatable bonds is 3. The first-order valence-electron chi connectivity index (χ1n) is 5.39. The minimum Gasteiger partial charge on any atom is -0.348 e. The minimum absolute atomic E-state index is 0.716. The number of aryl methyl sites for hydroxylation is 3. The molecule has 0 radical (unpaired) electrons. The molecule has 6 heteroatoms. The van der Waals surface area contributed by atoms with Crippen LogP contribution in [-0.2, 0) is 26.4 Å². The van der Waals surface area contributed by atoms with Gasteiger partial charge in [0.05, 0.1) is 6.54 Å². The molecule has 0 saturated heterocycles. The van der Waals surface area contributed by atoms with Gasteiger partial charge < -0.3 is 5.32 Å². The lowest BCUT2D eigenvalue weighted by molar-refractivity contribution is 0.712. The molecule has 0 atom stereocenters. The Kier molecular flexibility index (Phi) is 2.36. The highest BCUT2D eigenvalue weighted by Gasteiger charge is 2.14. The molecule has 0 aliphatic heterocycles. The number of hydrogen-bond donors (Lipinski definition) is 1. The van der Waals surface area contributed by atoms with Crippen LogP contribution in [0, 0.1) is 0 Å². The van der Waals surface area contributed by atoms with Gasteiger partial charge in [0, 0.05) is 16.8 Å². The van der Waals surface area contributed by atoms with E-state index in [-0.39, 0.29) is 0 Å². The third-order valence-electron chi connectivity index (χ3n) is 2.84. The maximum absolute atomic E-state index is 3.89. The first-order chi connectivity index (χ1) is 7.83. The van der Waals surface area contributed by atoms with E-state index in [0.29, 0.717) is 5.95 Å². The predicted octanol–water partition coefficient (Wildman–Crippen LogP) is 1.37. The van der Waals surface area contributed by atoms with E-state index in [1.165, 1.54) is 29.7 Å². The van der Waals surface area contributed by atoms with Crippen LogP contribution in [0.4, 0.5) is 5.95 Å². The largest absolute Gasteiger partial charge is 0.348 e. The Morgan fingerprint density at radius 2 is 2.44 bits per heavy atom. The van der Waals surface area contributed by atoms with E-state index in [1.807, 2.05) is 18.4 Å². The number of anilines is 1. The fraction of sp³-hybridized carbons (Fsp3) is 0.500. The average Bonchev–Trinajstić information content (AvgIpc) is 2.89. The molecule has 2 heterocycles. The van der Waals surface area contributed by atoms with E-state index < -0.39 is 0 Å². The van der Waals surface area contributed by atoms with Gasteiger partial charge in [-0.15, -0.1) is 11.3 Å². The maximum atomic E-state index is 3.89. The molecule has 84 valence electrons. The highest BCUT2D eigenvalue weighted by molar-refractivity contribution is 7.12. The Labute approximate surface area is 97.5 Å². The van der Waals surface area contributed by atoms with Gasteiger partial charge in [0.1, 0.15) is 0 Å². The zero-order valence-corrected chi connectivity index (χ0v) is 9.92. The van der Waals surface area contributed by atoms with Crippen LogP contribution < -0.4 is 5.32 Å². The van der Waals surface area contributed by atoms with Crippen molar-refractivity contribution in [3.8, 4) is 0 Å². The SMILES string of the molecule is Cn1nnnc1NCc1cc2c(s1)CCC2. The average molecular weight is 235 g/mol. The van der Waals surface area contributed by atoms with E-state index in [2.05, 4.69) is 26.9 Å². The van der Waals surface area contributed by atoms with Crippen LogP contribution in [-0.4, -0.2) is 20.2 Å². The Bertz CT molecular complexity index is 480. The molecular formula is C10H13N5S. The number of nitrogens with one attached hydrogen (secondary N) is 1. The number of fused-ring (bicyclic) bond motifs is 1. The topological polar surface area (TPSA) is 55.6 Å². The van der Waals surface area contributed by atoms with Crippen LogP contribution >= 0.6 is 11.3 Å². The molecule has 0 spiro atoms. The first-order valence-corrected chi connectivity index (χ1v) is 6.21. The molecule has 3 rings (SSSR count). The summed E-state index contributed by atoms with van der Waals surface area (Å²) < 4.78 is 1.64. The second kappa shape index (κ2) is 3.86. The number of aromatic nitrogens is 4. The van der Waals surface area contributed by atoms with Crippen LogP contribution in [0.25, 0.3) is 0 Å². The number of tetrazole rings is 1. The molecule has 0 aromatic carbocycles. The van der Waals surface area contributed by atoms with Crippen LogP contribution in [0.5, 0.6) is 0 Å². The van der Waals surface area contributed by atoms with Gasteiger partial charge in [0.15, 0.2) is 0 Å². The fourth-order valence-corrected chi connectivity index (χ4v) is 3.22. The molecule has 0 bridgehead atoms. The lowest BCUT2D eigenvalue weighted by Crippen LogP contribution is -2.04. The molecular weight excluding hydrogens is 222 g/mol. The van der Waals surface area contributed by atoms with Crippen LogP contribution in [0.15, 0.2) is 6.07 Å². The molecule has 5 nitrogen and oxygen atoms in total. The number of nitrogens with zero attached hydrogens (tertiary/aromatic N) is 4. The monoisotopic (exact) mass is 235 g/mol. The standard InChI is InChI=1S/C10H13N5S/c1-15-10(12-13-14-15)11-6-8-5-7-3-2-4-9(7)16-8/h5H,2-4,6H2,1H3,(H,11,12,14). The normalized spacial score (nSPS) is 14.1. The summed E-state index contributed by atoms with van der Waals surface area (Å²) in [5, 5.41) is 14.5. The second-order valence-electron chi connectivity index (χ2n) is 3.99. The molecule has 1 N–H and O–H groups in total. The molecule has 2 aromatic heterocycles. The first kappa shape index (κ1) is 9.77. The summed E-state index contributed by atoms with van der Waals surface area (Å²) in [7, 11) is 1.83. The van der Waals surface area contributed by atoms with Gasteiger partial charge in [-0.3, -0.25) is 0 Å². The van der Waals surface area contributed by atoms with Crippen molar-refractivity contribution in [1.29, 1.82) is 0 Å². The molecule has 0 fully saturated rings. The number of hydrogen-bond acceptors (Lipinski definition) is 5. The zero-order chi connectivity index (χ0) is 11.0. The van der Waals surface area contributed by atoms with Crippen molar-refractivity contribution in [2.45, 2.75) is 25.8 Å². The van der Waals surface area contributed by atoms with Crippen molar-refractivity contribution in [2.75, 3.05) is 5.32 Å². The van der Waals surface area contributed by atoms with Gasteiger partial charge in [-0.25, -0.2) is 4.68 Å². The van der Waals surface area contributed by atoms with Crippen LogP contribution in [0.2, 0.25) is 0 Å². The molecule has 1 aliphatic rings. The van der Waals surface area contributed by atoms with Gasteiger partial charge in [-0.05, 0) is 41.3 Å². The smallest absolute Gasteiger partial charge is 0.242 e. The van der Waals surface area contributed by atoms with Crippen molar-refractivity contribution >= 4 is 17.3 Å². The third kappa shape index (κ3) is 1.69. The van der Waals surface area contributed by atoms with Crippen LogP contribution in [0.1, 0.15) is 21.7 Å². The van der Waals surface area contributed by atoms with Crippen molar-refractivity contribution < 1.29 is 0 Å². The molecule has 0 saturated carbocycles. The summed E-state index contributed by atoms with van der Waals surface area (Å²) in [6.45, 7) is 0.811. The van der Waals surface area contributed by atoms with Gasteiger partial charge in [0.2, 0.25) is 5.95 Å². The van der Waals surface area contributed by atoms with Crippen molar-refractivity contribution in [2.24, 2.45) is 7.05 Å². The van der Waals surface area contributed by atoms with Gasteiger partial charge in [0.25, 0.3) is 0 Å². The van der Waals surface area contributed by atoms with E-state index in [1.54, 1.807) is 9.56 Å². The summed E-state index contributed by atoms with van der Waals surface area (Å²) in [6.07, 6.45) is 3.82.